The second-order valence-electron chi connectivity index (χ2n) is 3.56. The SMILES string of the molecule is COC(=O)c1ccccc1OCCCS(N)(=O)=O. The number of methoxy groups -OCH3 is 1. The van der Waals surface area contributed by atoms with E-state index in [2.05, 4.69) is 4.74 Å². The van der Waals surface area contributed by atoms with Crippen molar-refractivity contribution in [2.45, 2.75) is 6.42 Å². The van der Waals surface area contributed by atoms with Gasteiger partial charge in [-0.15, -0.1) is 0 Å². The third kappa shape index (κ3) is 4.72. The molecule has 0 fully saturated rings. The van der Waals surface area contributed by atoms with E-state index in [-0.39, 0.29) is 18.8 Å². The fraction of sp³-hybridized carbons (Fsp3) is 0.364. The number of nitrogens with two attached hydrogens (primary N) is 1. The lowest BCUT2D eigenvalue weighted by atomic mass is 10.2. The van der Waals surface area contributed by atoms with E-state index >= 15 is 0 Å². The molecule has 1 aromatic carbocycles. The summed E-state index contributed by atoms with van der Waals surface area (Å²) in [5.41, 5.74) is 0.301. The molecule has 0 aliphatic rings. The molecule has 0 heterocycles. The normalized spacial score (nSPS) is 11.0. The van der Waals surface area contributed by atoms with Crippen molar-refractivity contribution in [3.63, 3.8) is 0 Å². The van der Waals surface area contributed by atoms with Gasteiger partial charge in [-0.25, -0.2) is 18.4 Å². The predicted molar refractivity (Wildman–Crippen MR) is 65.9 cm³/mol. The lowest BCUT2D eigenvalue weighted by Gasteiger charge is -2.09. The third-order valence-electron chi connectivity index (χ3n) is 2.12. The topological polar surface area (TPSA) is 95.7 Å². The van der Waals surface area contributed by atoms with Gasteiger partial charge < -0.3 is 9.47 Å². The average molecular weight is 273 g/mol. The molecule has 6 nitrogen and oxygen atoms in total. The average Bonchev–Trinajstić information content (AvgIpc) is 2.33. The maximum Gasteiger partial charge on any atom is 0.341 e. The molecule has 18 heavy (non-hydrogen) atoms. The van der Waals surface area contributed by atoms with E-state index in [4.69, 9.17) is 9.88 Å². The second kappa shape index (κ2) is 6.36. The summed E-state index contributed by atoms with van der Waals surface area (Å²) in [5.74, 6) is -0.302. The van der Waals surface area contributed by atoms with Crippen molar-refractivity contribution in [3.05, 3.63) is 29.8 Å². The van der Waals surface area contributed by atoms with Crippen molar-refractivity contribution in [3.8, 4) is 5.75 Å². The van der Waals surface area contributed by atoms with Crippen molar-refractivity contribution in [1.82, 2.24) is 0 Å². The molecule has 0 aromatic heterocycles. The van der Waals surface area contributed by atoms with Crippen LogP contribution in [0, 0.1) is 0 Å². The molecule has 100 valence electrons. The van der Waals surface area contributed by atoms with Gasteiger partial charge in [-0.1, -0.05) is 12.1 Å². The summed E-state index contributed by atoms with van der Waals surface area (Å²) in [6.07, 6.45) is 0.258. The Labute approximate surface area is 106 Å². The van der Waals surface area contributed by atoms with Crippen LogP contribution in [0.1, 0.15) is 16.8 Å². The maximum absolute atomic E-state index is 11.4. The van der Waals surface area contributed by atoms with Gasteiger partial charge in [-0.2, -0.15) is 0 Å². The number of esters is 1. The molecule has 0 aliphatic carbocycles. The zero-order valence-corrected chi connectivity index (χ0v) is 10.8. The summed E-state index contributed by atoms with van der Waals surface area (Å²) in [4.78, 5) is 11.4. The highest BCUT2D eigenvalue weighted by atomic mass is 32.2. The van der Waals surface area contributed by atoms with E-state index in [1.54, 1.807) is 24.3 Å². The lowest BCUT2D eigenvalue weighted by Crippen LogP contribution is -2.18. The molecule has 0 radical (unpaired) electrons. The van der Waals surface area contributed by atoms with Crippen molar-refractivity contribution < 1.29 is 22.7 Å². The monoisotopic (exact) mass is 273 g/mol. The molecule has 7 heteroatoms. The number of para-hydroxylation sites is 1. The first kappa shape index (κ1) is 14.5. The van der Waals surface area contributed by atoms with Gasteiger partial charge in [0.05, 0.1) is 19.5 Å². The van der Waals surface area contributed by atoms with Gasteiger partial charge in [0.2, 0.25) is 10.0 Å². The standard InChI is InChI=1S/C11H15NO5S/c1-16-11(13)9-5-2-3-6-10(9)17-7-4-8-18(12,14)15/h2-3,5-6H,4,7-8H2,1H3,(H2,12,14,15). The number of ether oxygens (including phenoxy) is 2. The molecule has 0 atom stereocenters. The molecule has 0 spiro atoms. The summed E-state index contributed by atoms with van der Waals surface area (Å²) in [6.45, 7) is 0.157. The van der Waals surface area contributed by atoms with Crippen LogP contribution in [0.25, 0.3) is 0 Å². The number of rotatable bonds is 6. The summed E-state index contributed by atoms with van der Waals surface area (Å²) in [6, 6.07) is 6.58. The number of carbonyl (C=O) groups is 1. The highest BCUT2D eigenvalue weighted by molar-refractivity contribution is 7.89. The van der Waals surface area contributed by atoms with Crippen LogP contribution in [0.3, 0.4) is 0 Å². The Hall–Kier alpha value is -1.60. The summed E-state index contributed by atoms with van der Waals surface area (Å²) >= 11 is 0. The molecule has 1 rings (SSSR count). The van der Waals surface area contributed by atoms with E-state index in [0.29, 0.717) is 11.3 Å². The van der Waals surface area contributed by atoms with E-state index in [1.807, 2.05) is 0 Å². The predicted octanol–water partition coefficient (Wildman–Crippen LogP) is 0.531. The van der Waals surface area contributed by atoms with Crippen LogP contribution in [0.5, 0.6) is 5.75 Å². The van der Waals surface area contributed by atoms with Crippen molar-refractivity contribution in [2.75, 3.05) is 19.5 Å². The second-order valence-corrected chi connectivity index (χ2v) is 5.29. The van der Waals surface area contributed by atoms with Crippen molar-refractivity contribution >= 4 is 16.0 Å². The fourth-order valence-electron chi connectivity index (χ4n) is 1.31. The minimum Gasteiger partial charge on any atom is -0.493 e. The number of sulfonamides is 1. The van der Waals surface area contributed by atoms with E-state index < -0.39 is 16.0 Å². The van der Waals surface area contributed by atoms with E-state index in [1.165, 1.54) is 7.11 Å². The van der Waals surface area contributed by atoms with Crippen molar-refractivity contribution in [2.24, 2.45) is 5.14 Å². The Morgan fingerprint density at radius 1 is 1.33 bits per heavy atom. The number of benzene rings is 1. The fourth-order valence-corrected chi connectivity index (χ4v) is 1.83. The first-order chi connectivity index (χ1) is 8.44. The van der Waals surface area contributed by atoms with Crippen LogP contribution in [0.2, 0.25) is 0 Å². The molecule has 0 unspecified atom stereocenters. The van der Waals surface area contributed by atoms with Crippen LogP contribution < -0.4 is 9.88 Å². The third-order valence-corrected chi connectivity index (χ3v) is 2.98. The molecule has 2 N–H and O–H groups in total. The van der Waals surface area contributed by atoms with E-state index in [0.717, 1.165) is 0 Å². The highest BCUT2D eigenvalue weighted by Crippen LogP contribution is 2.18. The zero-order chi connectivity index (χ0) is 13.6. The first-order valence-electron chi connectivity index (χ1n) is 5.24. The van der Waals surface area contributed by atoms with Gasteiger partial charge >= 0.3 is 5.97 Å². The van der Waals surface area contributed by atoms with Gasteiger partial charge in [0.15, 0.2) is 0 Å². The van der Waals surface area contributed by atoms with Crippen LogP contribution >= 0.6 is 0 Å². The maximum atomic E-state index is 11.4. The van der Waals surface area contributed by atoms with Crippen LogP contribution in [-0.2, 0) is 14.8 Å². The Kier molecular flexibility index (Phi) is 5.11. The number of primary sulfonamides is 1. The molecular weight excluding hydrogens is 258 g/mol. The molecule has 0 amide bonds. The van der Waals surface area contributed by atoms with Gasteiger partial charge in [0.25, 0.3) is 0 Å². The van der Waals surface area contributed by atoms with Crippen LogP contribution in [0.15, 0.2) is 24.3 Å². The van der Waals surface area contributed by atoms with Crippen molar-refractivity contribution in [1.29, 1.82) is 0 Å². The van der Waals surface area contributed by atoms with Gasteiger partial charge in [0, 0.05) is 0 Å². The molecule has 0 aliphatic heterocycles. The molecule has 0 bridgehead atoms. The molecule has 0 saturated heterocycles. The van der Waals surface area contributed by atoms with Gasteiger partial charge in [0.1, 0.15) is 11.3 Å². The molecular formula is C11H15NO5S. The highest BCUT2D eigenvalue weighted by Gasteiger charge is 2.12. The Balaban J connectivity index is 2.60. The Morgan fingerprint density at radius 3 is 2.61 bits per heavy atom. The lowest BCUT2D eigenvalue weighted by molar-refractivity contribution is 0.0596. The summed E-state index contributed by atoms with van der Waals surface area (Å²) in [5, 5.41) is 4.86. The summed E-state index contributed by atoms with van der Waals surface area (Å²) in [7, 11) is -2.20. The smallest absolute Gasteiger partial charge is 0.341 e. The quantitative estimate of drug-likeness (QED) is 0.602. The minimum atomic E-state index is -3.48. The van der Waals surface area contributed by atoms with Crippen LogP contribution in [-0.4, -0.2) is 33.9 Å². The largest absolute Gasteiger partial charge is 0.493 e. The van der Waals surface area contributed by atoms with Gasteiger partial charge in [-0.3, -0.25) is 0 Å². The molecule has 0 saturated carbocycles. The Bertz CT molecular complexity index is 512. The first-order valence-corrected chi connectivity index (χ1v) is 6.96. The molecule has 1 aromatic rings. The number of hydrogen-bond acceptors (Lipinski definition) is 5. The van der Waals surface area contributed by atoms with E-state index in [9.17, 15) is 13.2 Å². The van der Waals surface area contributed by atoms with Crippen LogP contribution in [0.4, 0.5) is 0 Å². The number of hydrogen-bond donors (Lipinski definition) is 1. The minimum absolute atomic E-state index is 0.157. The zero-order valence-electron chi connectivity index (χ0n) is 9.96. The summed E-state index contributed by atoms with van der Waals surface area (Å²) < 4.78 is 31.4. The number of carbonyl (C=O) groups excluding carboxylic acids is 1. The van der Waals surface area contributed by atoms with Gasteiger partial charge in [-0.05, 0) is 18.6 Å². The Morgan fingerprint density at radius 2 is 2.00 bits per heavy atom.